The normalized spacial score (nSPS) is 11.8. The maximum atomic E-state index is 13.4. The summed E-state index contributed by atoms with van der Waals surface area (Å²) in [6.07, 6.45) is 0. The fraction of sp³-hybridized carbons (Fsp3) is 0.133. The summed E-state index contributed by atoms with van der Waals surface area (Å²) in [5.74, 6) is -0.457. The van der Waals surface area contributed by atoms with Crippen LogP contribution in [0.15, 0.2) is 36.4 Å². The van der Waals surface area contributed by atoms with Gasteiger partial charge >= 0.3 is 0 Å². The molecule has 0 heterocycles. The zero-order valence-corrected chi connectivity index (χ0v) is 12.1. The van der Waals surface area contributed by atoms with Gasteiger partial charge < -0.3 is 5.32 Å². The molecule has 0 bridgehead atoms. The molecule has 1 N–H and O–H groups in total. The van der Waals surface area contributed by atoms with E-state index >= 15 is 0 Å². The number of nitrogens with zero attached hydrogens (tertiary/aromatic N) is 1. The minimum absolute atomic E-state index is 0.145. The Morgan fingerprint density at radius 1 is 1.20 bits per heavy atom. The van der Waals surface area contributed by atoms with E-state index in [1.807, 2.05) is 19.1 Å². The zero-order valence-electron chi connectivity index (χ0n) is 10.6. The molecule has 0 aliphatic rings. The van der Waals surface area contributed by atoms with Gasteiger partial charge in [-0.1, -0.05) is 29.3 Å². The van der Waals surface area contributed by atoms with E-state index in [2.05, 4.69) is 5.32 Å². The monoisotopic (exact) mass is 308 g/mol. The van der Waals surface area contributed by atoms with E-state index in [0.717, 1.165) is 5.56 Å². The fourth-order valence-corrected chi connectivity index (χ4v) is 2.49. The first-order valence-corrected chi connectivity index (χ1v) is 6.67. The van der Waals surface area contributed by atoms with Crippen LogP contribution in [0.2, 0.25) is 10.0 Å². The van der Waals surface area contributed by atoms with Crippen molar-refractivity contribution in [1.82, 2.24) is 0 Å². The molecule has 20 heavy (non-hydrogen) atoms. The van der Waals surface area contributed by atoms with Crippen LogP contribution < -0.4 is 5.32 Å². The highest BCUT2D eigenvalue weighted by molar-refractivity contribution is 6.35. The number of nitriles is 1. The zero-order chi connectivity index (χ0) is 14.7. The molecule has 102 valence electrons. The lowest BCUT2D eigenvalue weighted by Gasteiger charge is -2.17. The molecule has 0 saturated heterocycles. The van der Waals surface area contributed by atoms with Gasteiger partial charge in [-0.2, -0.15) is 5.26 Å². The molecular formula is C15H11Cl2FN2. The van der Waals surface area contributed by atoms with Crippen LogP contribution in [0, 0.1) is 17.1 Å². The molecule has 0 aliphatic heterocycles. The van der Waals surface area contributed by atoms with Gasteiger partial charge in [-0.05, 0) is 42.8 Å². The molecule has 2 rings (SSSR count). The molecule has 2 aromatic rings. The maximum absolute atomic E-state index is 13.4. The smallest absolute Gasteiger partial charge is 0.126 e. The Morgan fingerprint density at radius 3 is 2.60 bits per heavy atom. The van der Waals surface area contributed by atoms with Gasteiger partial charge in [0.05, 0.1) is 11.6 Å². The van der Waals surface area contributed by atoms with Crippen molar-refractivity contribution >= 4 is 28.9 Å². The van der Waals surface area contributed by atoms with E-state index in [1.165, 1.54) is 12.1 Å². The largest absolute Gasteiger partial charge is 0.378 e. The average molecular weight is 309 g/mol. The van der Waals surface area contributed by atoms with Crippen LogP contribution in [0.3, 0.4) is 0 Å². The van der Waals surface area contributed by atoms with Crippen LogP contribution in [-0.2, 0) is 0 Å². The van der Waals surface area contributed by atoms with Crippen molar-refractivity contribution in [2.24, 2.45) is 0 Å². The minimum atomic E-state index is -0.457. The summed E-state index contributed by atoms with van der Waals surface area (Å²) < 4.78 is 13.4. The SMILES string of the molecule is CC(Nc1cc(F)cc(C#N)c1)c1ccc(Cl)cc1Cl. The van der Waals surface area contributed by atoms with Gasteiger partial charge in [0.2, 0.25) is 0 Å². The van der Waals surface area contributed by atoms with Gasteiger partial charge in [-0.15, -0.1) is 0 Å². The number of nitrogens with one attached hydrogen (secondary N) is 1. The standard InChI is InChI=1S/C15H11Cl2FN2/c1-9(14-3-2-11(16)6-15(14)17)20-13-5-10(8-19)4-12(18)7-13/h2-7,9,20H,1H3. The Labute approximate surface area is 126 Å². The molecule has 1 unspecified atom stereocenters. The second-order valence-electron chi connectivity index (χ2n) is 4.37. The number of anilines is 1. The van der Waals surface area contributed by atoms with Crippen molar-refractivity contribution in [1.29, 1.82) is 5.26 Å². The highest BCUT2D eigenvalue weighted by Gasteiger charge is 2.11. The fourth-order valence-electron chi connectivity index (χ4n) is 1.92. The summed E-state index contributed by atoms with van der Waals surface area (Å²) >= 11 is 12.0. The summed E-state index contributed by atoms with van der Waals surface area (Å²) in [6, 6.07) is 11.1. The molecular weight excluding hydrogens is 298 g/mol. The Hall–Kier alpha value is -1.76. The highest BCUT2D eigenvalue weighted by Crippen LogP contribution is 2.28. The van der Waals surface area contributed by atoms with Crippen molar-refractivity contribution < 1.29 is 4.39 Å². The summed E-state index contributed by atoms with van der Waals surface area (Å²) in [6.45, 7) is 1.89. The van der Waals surface area contributed by atoms with E-state index in [9.17, 15) is 4.39 Å². The lowest BCUT2D eigenvalue weighted by molar-refractivity contribution is 0.627. The Kier molecular flexibility index (Phi) is 4.49. The van der Waals surface area contributed by atoms with Crippen molar-refractivity contribution in [2.75, 3.05) is 5.32 Å². The number of halogens is 3. The van der Waals surface area contributed by atoms with Crippen LogP contribution >= 0.6 is 23.2 Å². The van der Waals surface area contributed by atoms with Crippen molar-refractivity contribution in [3.05, 3.63) is 63.4 Å². The number of rotatable bonds is 3. The van der Waals surface area contributed by atoms with Crippen LogP contribution in [0.5, 0.6) is 0 Å². The lowest BCUT2D eigenvalue weighted by Crippen LogP contribution is -2.07. The first-order chi connectivity index (χ1) is 9.49. The maximum Gasteiger partial charge on any atom is 0.126 e. The Bertz CT molecular complexity index is 680. The third-order valence-electron chi connectivity index (χ3n) is 2.84. The van der Waals surface area contributed by atoms with Crippen LogP contribution in [0.4, 0.5) is 10.1 Å². The highest BCUT2D eigenvalue weighted by atomic mass is 35.5. The topological polar surface area (TPSA) is 35.8 Å². The molecule has 0 fully saturated rings. The van der Waals surface area contributed by atoms with Crippen molar-refractivity contribution in [3.63, 3.8) is 0 Å². The Morgan fingerprint density at radius 2 is 1.95 bits per heavy atom. The molecule has 0 radical (unpaired) electrons. The van der Waals surface area contributed by atoms with Gasteiger partial charge in [0.1, 0.15) is 5.82 Å². The van der Waals surface area contributed by atoms with E-state index < -0.39 is 5.82 Å². The van der Waals surface area contributed by atoms with Crippen molar-refractivity contribution in [3.8, 4) is 6.07 Å². The minimum Gasteiger partial charge on any atom is -0.378 e. The third-order valence-corrected chi connectivity index (χ3v) is 3.40. The predicted molar refractivity (Wildman–Crippen MR) is 79.6 cm³/mol. The summed E-state index contributed by atoms with van der Waals surface area (Å²) in [5.41, 5.74) is 1.64. The van der Waals surface area contributed by atoms with Gasteiger partial charge in [-0.3, -0.25) is 0 Å². The first kappa shape index (κ1) is 14.6. The van der Waals surface area contributed by atoms with Crippen LogP contribution in [0.1, 0.15) is 24.1 Å². The molecule has 0 amide bonds. The van der Waals surface area contributed by atoms with E-state index in [4.69, 9.17) is 28.5 Å². The van der Waals surface area contributed by atoms with Crippen LogP contribution in [-0.4, -0.2) is 0 Å². The van der Waals surface area contributed by atoms with E-state index in [-0.39, 0.29) is 11.6 Å². The number of benzene rings is 2. The second-order valence-corrected chi connectivity index (χ2v) is 5.22. The van der Waals surface area contributed by atoms with Crippen molar-refractivity contribution in [2.45, 2.75) is 13.0 Å². The van der Waals surface area contributed by atoms with Crippen LogP contribution in [0.25, 0.3) is 0 Å². The summed E-state index contributed by atoms with van der Waals surface area (Å²) in [4.78, 5) is 0. The molecule has 0 aliphatic carbocycles. The predicted octanol–water partition coefficient (Wildman–Crippen LogP) is 5.18. The molecule has 0 spiro atoms. The summed E-state index contributed by atoms with van der Waals surface area (Å²) in [5, 5.41) is 13.0. The molecule has 0 saturated carbocycles. The molecule has 2 nitrogen and oxygen atoms in total. The van der Waals surface area contributed by atoms with Gasteiger partial charge in [0.25, 0.3) is 0 Å². The summed E-state index contributed by atoms with van der Waals surface area (Å²) in [7, 11) is 0. The average Bonchev–Trinajstić information content (AvgIpc) is 2.37. The Balaban J connectivity index is 2.25. The molecule has 5 heteroatoms. The number of hydrogen-bond acceptors (Lipinski definition) is 2. The number of hydrogen-bond donors (Lipinski definition) is 1. The first-order valence-electron chi connectivity index (χ1n) is 5.92. The quantitative estimate of drug-likeness (QED) is 0.848. The van der Waals surface area contributed by atoms with Gasteiger partial charge in [0, 0.05) is 21.8 Å². The van der Waals surface area contributed by atoms with Gasteiger partial charge in [0.15, 0.2) is 0 Å². The molecule has 1 atom stereocenters. The van der Waals surface area contributed by atoms with Gasteiger partial charge in [-0.25, -0.2) is 4.39 Å². The third kappa shape index (κ3) is 3.41. The van der Waals surface area contributed by atoms with E-state index in [1.54, 1.807) is 18.2 Å². The van der Waals surface area contributed by atoms with E-state index in [0.29, 0.717) is 15.7 Å². The lowest BCUT2D eigenvalue weighted by atomic mass is 10.1. The molecule has 0 aromatic heterocycles. The second kappa shape index (κ2) is 6.13. The molecule has 2 aromatic carbocycles.